The fourth-order valence-corrected chi connectivity index (χ4v) is 2.63. The van der Waals surface area contributed by atoms with Gasteiger partial charge in [0.05, 0.1) is 6.61 Å². The highest BCUT2D eigenvalue weighted by molar-refractivity contribution is 5.38. The maximum atomic E-state index is 5.78. The molecule has 0 spiro atoms. The van der Waals surface area contributed by atoms with Gasteiger partial charge in [-0.2, -0.15) is 0 Å². The summed E-state index contributed by atoms with van der Waals surface area (Å²) < 4.78 is 5.78. The quantitative estimate of drug-likeness (QED) is 0.903. The molecule has 0 aliphatic carbocycles. The molecule has 19 heavy (non-hydrogen) atoms. The third-order valence-electron chi connectivity index (χ3n) is 3.69. The van der Waals surface area contributed by atoms with Crippen molar-refractivity contribution in [3.8, 4) is 5.75 Å². The monoisotopic (exact) mass is 253 g/mol. The summed E-state index contributed by atoms with van der Waals surface area (Å²) in [6, 6.07) is 19.2. The number of benzene rings is 2. The van der Waals surface area contributed by atoms with Gasteiger partial charge < -0.3 is 10.1 Å². The standard InChI is InChI=1S/C17H19NO/c1-13-12-19-16-10-6-5-9-15(16)17(13)18-11-14-7-3-2-4-8-14/h2-10,13,17-18H,11-12H2,1H3. The second-order valence-corrected chi connectivity index (χ2v) is 5.17. The maximum Gasteiger partial charge on any atom is 0.124 e. The molecule has 0 bridgehead atoms. The molecule has 2 aromatic rings. The average molecular weight is 253 g/mol. The van der Waals surface area contributed by atoms with Crippen LogP contribution in [0.1, 0.15) is 24.1 Å². The van der Waals surface area contributed by atoms with Crippen LogP contribution in [0.15, 0.2) is 54.6 Å². The van der Waals surface area contributed by atoms with Crippen LogP contribution >= 0.6 is 0 Å². The van der Waals surface area contributed by atoms with Gasteiger partial charge in [0.25, 0.3) is 0 Å². The highest BCUT2D eigenvalue weighted by atomic mass is 16.5. The van der Waals surface area contributed by atoms with E-state index in [1.807, 2.05) is 6.07 Å². The third kappa shape index (κ3) is 2.64. The number of para-hydroxylation sites is 1. The molecule has 0 saturated heterocycles. The molecule has 1 aliphatic heterocycles. The van der Waals surface area contributed by atoms with E-state index < -0.39 is 0 Å². The fourth-order valence-electron chi connectivity index (χ4n) is 2.63. The minimum atomic E-state index is 0.366. The van der Waals surface area contributed by atoms with Gasteiger partial charge in [0, 0.05) is 24.1 Å². The van der Waals surface area contributed by atoms with E-state index in [0.717, 1.165) is 18.9 Å². The number of hydrogen-bond acceptors (Lipinski definition) is 2. The highest BCUT2D eigenvalue weighted by Crippen LogP contribution is 2.35. The first kappa shape index (κ1) is 12.2. The Balaban J connectivity index is 1.77. The molecule has 2 unspecified atom stereocenters. The van der Waals surface area contributed by atoms with Gasteiger partial charge in [-0.1, -0.05) is 55.5 Å². The molecule has 2 heteroatoms. The summed E-state index contributed by atoms with van der Waals surface area (Å²) in [5.74, 6) is 1.50. The lowest BCUT2D eigenvalue weighted by atomic mass is 9.92. The van der Waals surface area contributed by atoms with Gasteiger partial charge in [-0.05, 0) is 11.6 Å². The van der Waals surface area contributed by atoms with E-state index in [-0.39, 0.29) is 0 Å². The topological polar surface area (TPSA) is 21.3 Å². The summed E-state index contributed by atoms with van der Waals surface area (Å²) in [6.45, 7) is 3.91. The third-order valence-corrected chi connectivity index (χ3v) is 3.69. The largest absolute Gasteiger partial charge is 0.493 e. The Morgan fingerprint density at radius 3 is 2.63 bits per heavy atom. The zero-order valence-electron chi connectivity index (χ0n) is 11.2. The molecule has 2 atom stereocenters. The van der Waals surface area contributed by atoms with Crippen LogP contribution in [-0.2, 0) is 6.54 Å². The van der Waals surface area contributed by atoms with Crippen molar-refractivity contribution in [3.63, 3.8) is 0 Å². The SMILES string of the molecule is CC1COc2ccccc2C1NCc1ccccc1. The lowest BCUT2D eigenvalue weighted by Crippen LogP contribution is -2.33. The van der Waals surface area contributed by atoms with Crippen molar-refractivity contribution in [2.45, 2.75) is 19.5 Å². The van der Waals surface area contributed by atoms with Crippen LogP contribution in [-0.4, -0.2) is 6.61 Å². The van der Waals surface area contributed by atoms with Crippen molar-refractivity contribution >= 4 is 0 Å². The van der Waals surface area contributed by atoms with Gasteiger partial charge in [0.15, 0.2) is 0 Å². The van der Waals surface area contributed by atoms with Crippen molar-refractivity contribution in [1.29, 1.82) is 0 Å². The van der Waals surface area contributed by atoms with Crippen LogP contribution in [0.2, 0.25) is 0 Å². The normalized spacial score (nSPS) is 21.5. The number of fused-ring (bicyclic) bond motifs is 1. The first-order chi connectivity index (χ1) is 9.34. The van der Waals surface area contributed by atoms with Gasteiger partial charge in [-0.3, -0.25) is 0 Å². The fraction of sp³-hybridized carbons (Fsp3) is 0.294. The van der Waals surface area contributed by atoms with Gasteiger partial charge in [0.1, 0.15) is 5.75 Å². The maximum absolute atomic E-state index is 5.78. The molecule has 0 saturated carbocycles. The summed E-state index contributed by atoms with van der Waals surface area (Å²) in [6.07, 6.45) is 0. The Morgan fingerprint density at radius 2 is 1.79 bits per heavy atom. The Hall–Kier alpha value is -1.80. The summed E-state index contributed by atoms with van der Waals surface area (Å²) in [5, 5.41) is 3.66. The molecule has 0 radical (unpaired) electrons. The predicted octanol–water partition coefficient (Wildman–Crippen LogP) is 3.55. The van der Waals surface area contributed by atoms with E-state index >= 15 is 0 Å². The van der Waals surface area contributed by atoms with Crippen LogP contribution in [0.25, 0.3) is 0 Å². The van der Waals surface area contributed by atoms with E-state index in [1.54, 1.807) is 0 Å². The molecule has 0 amide bonds. The lowest BCUT2D eigenvalue weighted by Gasteiger charge is -2.32. The van der Waals surface area contributed by atoms with Crippen molar-refractivity contribution in [2.75, 3.05) is 6.61 Å². The first-order valence-electron chi connectivity index (χ1n) is 6.83. The summed E-state index contributed by atoms with van der Waals surface area (Å²) in [4.78, 5) is 0. The molecule has 1 heterocycles. The van der Waals surface area contributed by atoms with E-state index in [0.29, 0.717) is 12.0 Å². The summed E-state index contributed by atoms with van der Waals surface area (Å²) in [5.41, 5.74) is 2.59. The zero-order chi connectivity index (χ0) is 13.1. The van der Waals surface area contributed by atoms with E-state index in [1.165, 1.54) is 11.1 Å². The van der Waals surface area contributed by atoms with Gasteiger partial charge in [-0.25, -0.2) is 0 Å². The zero-order valence-corrected chi connectivity index (χ0v) is 11.2. The van der Waals surface area contributed by atoms with Gasteiger partial charge in [0.2, 0.25) is 0 Å². The minimum Gasteiger partial charge on any atom is -0.493 e. The second kappa shape index (κ2) is 5.45. The number of nitrogens with one attached hydrogen (secondary N) is 1. The highest BCUT2D eigenvalue weighted by Gasteiger charge is 2.26. The van der Waals surface area contributed by atoms with Crippen LogP contribution < -0.4 is 10.1 Å². The van der Waals surface area contributed by atoms with E-state index in [4.69, 9.17) is 4.74 Å². The van der Waals surface area contributed by atoms with E-state index in [9.17, 15) is 0 Å². The molecule has 2 nitrogen and oxygen atoms in total. The molecule has 0 aromatic heterocycles. The minimum absolute atomic E-state index is 0.366. The van der Waals surface area contributed by atoms with Crippen LogP contribution in [0, 0.1) is 5.92 Å². The molecular formula is C17H19NO. The second-order valence-electron chi connectivity index (χ2n) is 5.17. The molecule has 3 rings (SSSR count). The van der Waals surface area contributed by atoms with Crippen molar-refractivity contribution in [1.82, 2.24) is 5.32 Å². The van der Waals surface area contributed by atoms with Crippen LogP contribution in [0.4, 0.5) is 0 Å². The Morgan fingerprint density at radius 1 is 1.05 bits per heavy atom. The summed E-state index contributed by atoms with van der Waals surface area (Å²) in [7, 11) is 0. The number of hydrogen-bond donors (Lipinski definition) is 1. The smallest absolute Gasteiger partial charge is 0.124 e. The first-order valence-corrected chi connectivity index (χ1v) is 6.83. The Bertz CT molecular complexity index is 538. The van der Waals surface area contributed by atoms with Gasteiger partial charge >= 0.3 is 0 Å². The molecule has 2 aromatic carbocycles. The Labute approximate surface area is 114 Å². The van der Waals surface area contributed by atoms with Crippen LogP contribution in [0.3, 0.4) is 0 Å². The molecule has 98 valence electrons. The Kier molecular flexibility index (Phi) is 3.51. The molecular weight excluding hydrogens is 234 g/mol. The van der Waals surface area contributed by atoms with Crippen molar-refractivity contribution in [3.05, 3.63) is 65.7 Å². The molecule has 0 fully saturated rings. The van der Waals surface area contributed by atoms with Crippen molar-refractivity contribution < 1.29 is 4.74 Å². The lowest BCUT2D eigenvalue weighted by molar-refractivity contribution is 0.188. The molecule has 1 aliphatic rings. The predicted molar refractivity (Wildman–Crippen MR) is 77.1 cm³/mol. The average Bonchev–Trinajstić information content (AvgIpc) is 2.47. The number of ether oxygens (including phenoxy) is 1. The number of rotatable bonds is 3. The van der Waals surface area contributed by atoms with Crippen LogP contribution in [0.5, 0.6) is 5.75 Å². The van der Waals surface area contributed by atoms with Gasteiger partial charge in [-0.15, -0.1) is 0 Å². The van der Waals surface area contributed by atoms with Crippen molar-refractivity contribution in [2.24, 2.45) is 5.92 Å². The summed E-state index contributed by atoms with van der Waals surface area (Å²) >= 11 is 0. The molecule has 1 N–H and O–H groups in total. The van der Waals surface area contributed by atoms with E-state index in [2.05, 4.69) is 60.8 Å².